The number of aliphatic carboxylic acids is 1. The highest BCUT2D eigenvalue weighted by atomic mass is 35.5. The Morgan fingerprint density at radius 1 is 1.44 bits per heavy atom. The molecule has 0 spiro atoms. The molecule has 0 aromatic carbocycles. The van der Waals surface area contributed by atoms with Crippen LogP contribution in [0.15, 0.2) is 0 Å². The molecular formula is C9H18ClNO7. The third-order valence-corrected chi connectivity index (χ3v) is 2.16. The minimum atomic E-state index is -1.66. The standard InChI is InChI=1S/C9H17NO7.ClH/c1-4(9(15)16)17-8(5(10)2-11)7(14)6(13)3-12;/h2,4-8,12-14H,3,10H2,1H3,(H,15,16);1H/t4-,5+,6-,7-,8-;/m1./s1. The van der Waals surface area contributed by atoms with Crippen molar-refractivity contribution in [3.05, 3.63) is 0 Å². The Balaban J connectivity index is 0. The fourth-order valence-corrected chi connectivity index (χ4v) is 1.10. The molecule has 6 N–H and O–H groups in total. The van der Waals surface area contributed by atoms with Crippen LogP contribution < -0.4 is 5.73 Å². The summed E-state index contributed by atoms with van der Waals surface area (Å²) in [6.07, 6.45) is -5.71. The van der Waals surface area contributed by atoms with E-state index in [-0.39, 0.29) is 18.7 Å². The van der Waals surface area contributed by atoms with Crippen LogP contribution in [-0.2, 0) is 14.3 Å². The quantitative estimate of drug-likeness (QED) is 0.308. The van der Waals surface area contributed by atoms with E-state index in [1.807, 2.05) is 0 Å². The fraction of sp³-hybridized carbons (Fsp3) is 0.778. The lowest BCUT2D eigenvalue weighted by atomic mass is 10.0. The third kappa shape index (κ3) is 5.71. The molecule has 0 aliphatic carbocycles. The van der Waals surface area contributed by atoms with E-state index in [0.717, 1.165) is 0 Å². The lowest BCUT2D eigenvalue weighted by Crippen LogP contribution is -2.53. The molecule has 0 heterocycles. The summed E-state index contributed by atoms with van der Waals surface area (Å²) in [7, 11) is 0. The van der Waals surface area contributed by atoms with Gasteiger partial charge in [0.1, 0.15) is 24.6 Å². The minimum Gasteiger partial charge on any atom is -0.479 e. The SMILES string of the molecule is C[C@@H](O[C@@H]([C@H](O)[C@H](O)CO)[C@@H](N)C=O)C(=O)O.Cl. The van der Waals surface area contributed by atoms with E-state index in [2.05, 4.69) is 0 Å². The molecule has 0 rings (SSSR count). The topological polar surface area (TPSA) is 150 Å². The van der Waals surface area contributed by atoms with Gasteiger partial charge in [-0.25, -0.2) is 4.79 Å². The number of hydrogen-bond acceptors (Lipinski definition) is 7. The molecule has 0 amide bonds. The lowest BCUT2D eigenvalue weighted by Gasteiger charge is -2.29. The summed E-state index contributed by atoms with van der Waals surface area (Å²) >= 11 is 0. The number of carboxylic acid groups (broad SMARTS) is 1. The average molecular weight is 288 g/mol. The van der Waals surface area contributed by atoms with Crippen LogP contribution >= 0.6 is 12.4 Å². The predicted molar refractivity (Wildman–Crippen MR) is 62.4 cm³/mol. The van der Waals surface area contributed by atoms with Crippen LogP contribution in [0, 0.1) is 0 Å². The summed E-state index contributed by atoms with van der Waals surface area (Å²) in [6, 6.07) is -1.31. The molecule has 0 saturated carbocycles. The molecule has 108 valence electrons. The number of aliphatic hydroxyl groups is 3. The molecule has 0 aromatic rings. The van der Waals surface area contributed by atoms with Gasteiger partial charge >= 0.3 is 5.97 Å². The summed E-state index contributed by atoms with van der Waals surface area (Å²) in [6.45, 7) is 0.416. The number of ether oxygens (including phenoxy) is 1. The van der Waals surface area contributed by atoms with E-state index in [9.17, 15) is 19.8 Å². The van der Waals surface area contributed by atoms with Crippen LogP contribution in [0.4, 0.5) is 0 Å². The Morgan fingerprint density at radius 3 is 2.28 bits per heavy atom. The van der Waals surface area contributed by atoms with E-state index in [1.165, 1.54) is 6.92 Å². The number of hydrogen-bond donors (Lipinski definition) is 5. The van der Waals surface area contributed by atoms with Crippen LogP contribution in [0.25, 0.3) is 0 Å². The van der Waals surface area contributed by atoms with Crippen molar-refractivity contribution in [2.45, 2.75) is 37.4 Å². The zero-order valence-corrected chi connectivity index (χ0v) is 10.5. The monoisotopic (exact) mass is 287 g/mol. The zero-order valence-electron chi connectivity index (χ0n) is 9.67. The van der Waals surface area contributed by atoms with Crippen molar-refractivity contribution in [1.82, 2.24) is 0 Å². The molecule has 0 bridgehead atoms. The molecular weight excluding hydrogens is 270 g/mol. The van der Waals surface area contributed by atoms with Crippen molar-refractivity contribution in [3.63, 3.8) is 0 Å². The second kappa shape index (κ2) is 9.20. The number of aldehydes is 1. The van der Waals surface area contributed by atoms with E-state index in [4.69, 9.17) is 20.7 Å². The van der Waals surface area contributed by atoms with Crippen molar-refractivity contribution in [3.8, 4) is 0 Å². The Morgan fingerprint density at radius 2 is 1.94 bits per heavy atom. The maximum absolute atomic E-state index is 10.6. The first kappa shape index (κ1) is 19.6. The van der Waals surface area contributed by atoms with E-state index >= 15 is 0 Å². The molecule has 18 heavy (non-hydrogen) atoms. The van der Waals surface area contributed by atoms with Crippen molar-refractivity contribution in [2.75, 3.05) is 6.61 Å². The largest absolute Gasteiger partial charge is 0.479 e. The number of carboxylic acids is 1. The van der Waals surface area contributed by atoms with Crippen molar-refractivity contribution >= 4 is 24.7 Å². The molecule has 0 unspecified atom stereocenters. The lowest BCUT2D eigenvalue weighted by molar-refractivity contribution is -0.166. The number of rotatable bonds is 8. The van der Waals surface area contributed by atoms with Gasteiger partial charge in [-0.2, -0.15) is 0 Å². The average Bonchev–Trinajstić information content (AvgIpc) is 2.32. The smallest absolute Gasteiger partial charge is 0.332 e. The fourth-order valence-electron chi connectivity index (χ4n) is 1.10. The highest BCUT2D eigenvalue weighted by Crippen LogP contribution is 2.10. The highest BCUT2D eigenvalue weighted by Gasteiger charge is 2.34. The predicted octanol–water partition coefficient (Wildman–Crippen LogP) is -2.49. The summed E-state index contributed by atoms with van der Waals surface area (Å²) in [4.78, 5) is 21.1. The Kier molecular flexibility index (Phi) is 10.00. The number of carbonyl (C=O) groups excluding carboxylic acids is 1. The first-order chi connectivity index (χ1) is 7.84. The number of nitrogens with two attached hydrogens (primary N) is 1. The van der Waals surface area contributed by atoms with Gasteiger partial charge in [0.25, 0.3) is 0 Å². The van der Waals surface area contributed by atoms with Crippen LogP contribution in [0.3, 0.4) is 0 Å². The van der Waals surface area contributed by atoms with Gasteiger partial charge in [-0.1, -0.05) is 0 Å². The number of carbonyl (C=O) groups is 2. The van der Waals surface area contributed by atoms with Gasteiger partial charge in [0.15, 0.2) is 6.10 Å². The van der Waals surface area contributed by atoms with Gasteiger partial charge in [0.05, 0.1) is 12.6 Å². The van der Waals surface area contributed by atoms with Crippen LogP contribution in [-0.4, -0.2) is 69.7 Å². The van der Waals surface area contributed by atoms with Crippen molar-refractivity contribution < 1.29 is 34.8 Å². The maximum atomic E-state index is 10.6. The van der Waals surface area contributed by atoms with Crippen LogP contribution in [0.5, 0.6) is 0 Å². The van der Waals surface area contributed by atoms with Crippen molar-refractivity contribution in [1.29, 1.82) is 0 Å². The Bertz CT molecular complexity index is 265. The van der Waals surface area contributed by atoms with E-state index in [0.29, 0.717) is 0 Å². The van der Waals surface area contributed by atoms with Gasteiger partial charge in [0, 0.05) is 0 Å². The maximum Gasteiger partial charge on any atom is 0.332 e. The molecule has 9 heteroatoms. The van der Waals surface area contributed by atoms with Crippen LogP contribution in [0.1, 0.15) is 6.92 Å². The summed E-state index contributed by atoms with van der Waals surface area (Å²) < 4.78 is 4.87. The number of halogens is 1. The normalized spacial score (nSPS) is 18.9. The first-order valence-corrected chi connectivity index (χ1v) is 4.91. The molecule has 0 aromatic heterocycles. The molecule has 8 nitrogen and oxygen atoms in total. The van der Waals surface area contributed by atoms with Gasteiger partial charge in [-0.05, 0) is 6.92 Å². The Hall–Kier alpha value is -0.770. The minimum absolute atomic E-state index is 0. The Labute approximate surface area is 110 Å². The molecule has 0 aliphatic rings. The van der Waals surface area contributed by atoms with E-state index < -0.39 is 43.0 Å². The second-order valence-electron chi connectivity index (χ2n) is 3.54. The summed E-state index contributed by atoms with van der Waals surface area (Å²) in [5.74, 6) is -1.31. The third-order valence-electron chi connectivity index (χ3n) is 2.16. The van der Waals surface area contributed by atoms with Gasteiger partial charge in [-0.15, -0.1) is 12.4 Å². The molecule has 0 radical (unpaired) electrons. The number of aliphatic hydroxyl groups excluding tert-OH is 3. The summed E-state index contributed by atoms with van der Waals surface area (Å²) in [5.41, 5.74) is 5.32. The van der Waals surface area contributed by atoms with Gasteiger partial charge in [-0.3, -0.25) is 0 Å². The molecule has 0 saturated heterocycles. The molecule has 5 atom stereocenters. The molecule has 0 fully saturated rings. The van der Waals surface area contributed by atoms with Gasteiger partial charge in [0.2, 0.25) is 0 Å². The zero-order chi connectivity index (χ0) is 13.6. The second-order valence-corrected chi connectivity index (χ2v) is 3.54. The first-order valence-electron chi connectivity index (χ1n) is 4.91. The summed E-state index contributed by atoms with van der Waals surface area (Å²) in [5, 5.41) is 36.0. The van der Waals surface area contributed by atoms with E-state index in [1.54, 1.807) is 0 Å². The molecule has 0 aliphatic heterocycles. The van der Waals surface area contributed by atoms with Gasteiger partial charge < -0.3 is 35.7 Å². The van der Waals surface area contributed by atoms with Crippen molar-refractivity contribution in [2.24, 2.45) is 5.73 Å². The van der Waals surface area contributed by atoms with Crippen LogP contribution in [0.2, 0.25) is 0 Å². The highest BCUT2D eigenvalue weighted by molar-refractivity contribution is 5.85.